The molecule has 0 bridgehead atoms. The van der Waals surface area contributed by atoms with Gasteiger partial charge in [0.15, 0.2) is 0 Å². The van der Waals surface area contributed by atoms with Crippen LogP contribution >= 0.6 is 0 Å². The molecule has 0 aliphatic carbocycles. The smallest absolute Gasteiger partial charge is 0.212 e. The molecule has 0 amide bonds. The zero-order valence-corrected chi connectivity index (χ0v) is 11.7. The van der Waals surface area contributed by atoms with Gasteiger partial charge in [0.1, 0.15) is 6.04 Å². The Morgan fingerprint density at radius 1 is 1.22 bits per heavy atom. The molecule has 0 fully saturated rings. The van der Waals surface area contributed by atoms with Crippen LogP contribution in [0.15, 0.2) is 24.3 Å². The maximum Gasteiger partial charge on any atom is 0.212 e. The lowest BCUT2D eigenvalue weighted by molar-refractivity contribution is 0.576. The molecule has 0 heterocycles. The van der Waals surface area contributed by atoms with E-state index in [1.54, 1.807) is 19.1 Å². The van der Waals surface area contributed by atoms with Crippen molar-refractivity contribution in [3.8, 4) is 6.07 Å². The minimum atomic E-state index is -3.38. The first kappa shape index (κ1) is 14.7. The minimum absolute atomic E-state index is 0.0325. The predicted octanol–water partition coefficient (Wildman–Crippen LogP) is 2.31. The van der Waals surface area contributed by atoms with E-state index in [-0.39, 0.29) is 5.75 Å². The predicted molar refractivity (Wildman–Crippen MR) is 71.5 cm³/mol. The fraction of sp³-hybridized carbons (Fsp3) is 0.462. The molecule has 1 atom stereocenters. The largest absolute Gasteiger partial charge is 0.212 e. The summed E-state index contributed by atoms with van der Waals surface area (Å²) in [4.78, 5) is 0. The number of nitriles is 1. The van der Waals surface area contributed by atoms with E-state index < -0.39 is 16.1 Å². The Bertz CT molecular complexity index is 527. The van der Waals surface area contributed by atoms with E-state index in [9.17, 15) is 8.42 Å². The van der Waals surface area contributed by atoms with Gasteiger partial charge in [-0.15, -0.1) is 0 Å². The van der Waals surface area contributed by atoms with Crippen LogP contribution in [0.4, 0.5) is 0 Å². The van der Waals surface area contributed by atoms with Crippen LogP contribution in [0.2, 0.25) is 0 Å². The molecule has 1 N–H and O–H groups in total. The van der Waals surface area contributed by atoms with Gasteiger partial charge in [0.2, 0.25) is 10.0 Å². The van der Waals surface area contributed by atoms with Crippen LogP contribution in [-0.4, -0.2) is 14.2 Å². The molecule has 4 nitrogen and oxygen atoms in total. The number of nitrogens with zero attached hydrogens (tertiary/aromatic N) is 1. The summed E-state index contributed by atoms with van der Waals surface area (Å²) >= 11 is 0. The molecule has 0 aromatic heterocycles. The van der Waals surface area contributed by atoms with Crippen molar-refractivity contribution >= 4 is 10.0 Å². The molecule has 0 aliphatic heterocycles. The van der Waals surface area contributed by atoms with Gasteiger partial charge < -0.3 is 0 Å². The van der Waals surface area contributed by atoms with E-state index in [0.717, 1.165) is 5.56 Å². The van der Waals surface area contributed by atoms with E-state index >= 15 is 0 Å². The lowest BCUT2D eigenvalue weighted by Gasteiger charge is -2.13. The van der Waals surface area contributed by atoms with Gasteiger partial charge in [0.05, 0.1) is 11.8 Å². The maximum absolute atomic E-state index is 11.5. The van der Waals surface area contributed by atoms with Gasteiger partial charge in [-0.2, -0.15) is 9.98 Å². The average Bonchev–Trinajstić information content (AvgIpc) is 2.36. The zero-order valence-electron chi connectivity index (χ0n) is 10.8. The fourth-order valence-electron chi connectivity index (χ4n) is 1.51. The van der Waals surface area contributed by atoms with Gasteiger partial charge >= 0.3 is 0 Å². The second-order valence-electron chi connectivity index (χ2n) is 4.40. The minimum Gasteiger partial charge on any atom is -0.212 e. The molecule has 1 aromatic rings. The molecule has 0 aliphatic rings. The third kappa shape index (κ3) is 3.83. The van der Waals surface area contributed by atoms with Crippen molar-refractivity contribution in [3.63, 3.8) is 0 Å². The van der Waals surface area contributed by atoms with E-state index in [1.807, 2.05) is 18.2 Å². The first-order chi connectivity index (χ1) is 8.39. The fourth-order valence-corrected chi connectivity index (χ4v) is 2.22. The quantitative estimate of drug-likeness (QED) is 0.889. The second kappa shape index (κ2) is 5.98. The molecule has 1 rings (SSSR count). The van der Waals surface area contributed by atoms with Gasteiger partial charge in [-0.25, -0.2) is 8.42 Å². The summed E-state index contributed by atoms with van der Waals surface area (Å²) < 4.78 is 25.3. The third-order valence-electron chi connectivity index (χ3n) is 2.74. The SMILES string of the molecule is CCS(=O)(=O)NC(C#N)c1ccc(C(C)C)cc1. The molecule has 0 radical (unpaired) electrons. The van der Waals surface area contributed by atoms with Gasteiger partial charge in [-0.1, -0.05) is 38.1 Å². The molecule has 0 spiro atoms. The van der Waals surface area contributed by atoms with E-state index in [2.05, 4.69) is 18.6 Å². The van der Waals surface area contributed by atoms with Crippen LogP contribution in [0.3, 0.4) is 0 Å². The number of nitrogens with one attached hydrogen (secondary N) is 1. The number of rotatable bonds is 5. The number of hydrogen-bond donors (Lipinski definition) is 1. The first-order valence-corrected chi connectivity index (χ1v) is 7.54. The Hall–Kier alpha value is -1.38. The van der Waals surface area contributed by atoms with E-state index in [4.69, 9.17) is 5.26 Å². The molecule has 98 valence electrons. The lowest BCUT2D eigenvalue weighted by Crippen LogP contribution is -2.29. The van der Waals surface area contributed by atoms with Crippen molar-refractivity contribution in [1.82, 2.24) is 4.72 Å². The Morgan fingerprint density at radius 2 is 1.72 bits per heavy atom. The normalized spacial score (nSPS) is 13.3. The molecule has 0 saturated carbocycles. The van der Waals surface area contributed by atoms with E-state index in [1.165, 1.54) is 0 Å². The van der Waals surface area contributed by atoms with Crippen LogP contribution in [0.1, 0.15) is 43.9 Å². The summed E-state index contributed by atoms with van der Waals surface area (Å²) in [7, 11) is -3.38. The molecule has 0 saturated heterocycles. The van der Waals surface area contributed by atoms with Crippen LogP contribution in [0.5, 0.6) is 0 Å². The van der Waals surface area contributed by atoms with Gasteiger partial charge in [0.25, 0.3) is 0 Å². The van der Waals surface area contributed by atoms with E-state index in [0.29, 0.717) is 11.5 Å². The van der Waals surface area contributed by atoms with Crippen LogP contribution in [-0.2, 0) is 10.0 Å². The monoisotopic (exact) mass is 266 g/mol. The number of sulfonamides is 1. The van der Waals surface area contributed by atoms with Crippen LogP contribution in [0, 0.1) is 11.3 Å². The highest BCUT2D eigenvalue weighted by molar-refractivity contribution is 7.89. The highest BCUT2D eigenvalue weighted by atomic mass is 32.2. The maximum atomic E-state index is 11.5. The summed E-state index contributed by atoms with van der Waals surface area (Å²) in [5, 5.41) is 9.04. The highest BCUT2D eigenvalue weighted by Crippen LogP contribution is 2.19. The highest BCUT2D eigenvalue weighted by Gasteiger charge is 2.17. The molecule has 1 unspecified atom stereocenters. The van der Waals surface area contributed by atoms with Crippen LogP contribution < -0.4 is 4.72 Å². The van der Waals surface area contributed by atoms with Gasteiger partial charge in [-0.3, -0.25) is 0 Å². The van der Waals surface area contributed by atoms with Crippen molar-refractivity contribution in [2.45, 2.75) is 32.7 Å². The third-order valence-corrected chi connectivity index (χ3v) is 4.10. The zero-order chi connectivity index (χ0) is 13.8. The van der Waals surface area contributed by atoms with Gasteiger partial charge in [0, 0.05) is 0 Å². The van der Waals surface area contributed by atoms with Crippen molar-refractivity contribution in [3.05, 3.63) is 35.4 Å². The van der Waals surface area contributed by atoms with Crippen molar-refractivity contribution in [2.24, 2.45) is 0 Å². The molecular formula is C13H18N2O2S. The van der Waals surface area contributed by atoms with Crippen LogP contribution in [0.25, 0.3) is 0 Å². The molecular weight excluding hydrogens is 248 g/mol. The summed E-state index contributed by atoms with van der Waals surface area (Å²) in [6.07, 6.45) is 0. The summed E-state index contributed by atoms with van der Waals surface area (Å²) in [5.74, 6) is 0.377. The lowest BCUT2D eigenvalue weighted by atomic mass is 10.00. The Kier molecular flexibility index (Phi) is 4.88. The molecule has 18 heavy (non-hydrogen) atoms. The number of benzene rings is 1. The summed E-state index contributed by atoms with van der Waals surface area (Å²) in [6.45, 7) is 5.70. The summed E-state index contributed by atoms with van der Waals surface area (Å²) in [6, 6.07) is 8.57. The standard InChI is InChI=1S/C13H18N2O2S/c1-4-18(16,17)15-13(9-14)12-7-5-11(6-8-12)10(2)3/h5-8,10,13,15H,4H2,1-3H3. The van der Waals surface area contributed by atoms with Crippen molar-refractivity contribution in [1.29, 1.82) is 5.26 Å². The Morgan fingerprint density at radius 3 is 2.11 bits per heavy atom. The number of hydrogen-bond acceptors (Lipinski definition) is 3. The van der Waals surface area contributed by atoms with Gasteiger partial charge in [-0.05, 0) is 24.0 Å². The summed E-state index contributed by atoms with van der Waals surface area (Å²) in [5.41, 5.74) is 1.83. The average molecular weight is 266 g/mol. The Balaban J connectivity index is 2.94. The second-order valence-corrected chi connectivity index (χ2v) is 6.45. The molecule has 5 heteroatoms. The molecule has 1 aromatic carbocycles. The Labute approximate surface area is 109 Å². The first-order valence-electron chi connectivity index (χ1n) is 5.89. The van der Waals surface area contributed by atoms with Crippen molar-refractivity contribution in [2.75, 3.05) is 5.75 Å². The van der Waals surface area contributed by atoms with Crippen molar-refractivity contribution < 1.29 is 8.42 Å². The topological polar surface area (TPSA) is 70.0 Å².